The molecule has 17 heavy (non-hydrogen) atoms. The Morgan fingerprint density at radius 2 is 2.35 bits per heavy atom. The smallest absolute Gasteiger partial charge is 0.0492 e. The molecule has 0 radical (unpaired) electrons. The molecule has 2 aromatic rings. The van der Waals surface area contributed by atoms with Crippen molar-refractivity contribution in [3.05, 3.63) is 40.3 Å². The lowest BCUT2D eigenvalue weighted by molar-refractivity contribution is 0.540. The summed E-state index contributed by atoms with van der Waals surface area (Å²) in [6, 6.07) is 4.80. The predicted molar refractivity (Wildman–Crippen MR) is 72.4 cm³/mol. The van der Waals surface area contributed by atoms with Gasteiger partial charge in [0.05, 0.1) is 0 Å². The van der Waals surface area contributed by atoms with Crippen molar-refractivity contribution in [1.29, 1.82) is 0 Å². The molecule has 0 amide bonds. The van der Waals surface area contributed by atoms with Crippen LogP contribution in [0.5, 0.6) is 0 Å². The molecule has 2 rings (SSSR count). The van der Waals surface area contributed by atoms with Crippen molar-refractivity contribution in [2.24, 2.45) is 7.05 Å². The minimum absolute atomic E-state index is 0.526. The van der Waals surface area contributed by atoms with Crippen LogP contribution in [-0.4, -0.2) is 22.4 Å². The zero-order valence-corrected chi connectivity index (χ0v) is 11.2. The van der Waals surface area contributed by atoms with Crippen LogP contribution < -0.4 is 5.32 Å². The van der Waals surface area contributed by atoms with Gasteiger partial charge in [-0.05, 0) is 41.8 Å². The molecule has 2 aromatic heterocycles. The van der Waals surface area contributed by atoms with E-state index < -0.39 is 0 Å². The normalized spacial score (nSPS) is 12.8. The van der Waals surface area contributed by atoms with E-state index in [9.17, 15) is 0 Å². The molecule has 0 saturated heterocycles. The van der Waals surface area contributed by atoms with Gasteiger partial charge in [0, 0.05) is 37.9 Å². The fourth-order valence-corrected chi connectivity index (χ4v) is 2.61. The van der Waals surface area contributed by atoms with Gasteiger partial charge in [-0.1, -0.05) is 0 Å². The molecule has 3 nitrogen and oxygen atoms in total. The Hall–Kier alpha value is -1.13. The first-order chi connectivity index (χ1) is 8.25. The fraction of sp³-hybridized carbons (Fsp3) is 0.462. The molecule has 0 spiro atoms. The minimum Gasteiger partial charge on any atom is -0.314 e. The molecule has 1 atom stereocenters. The van der Waals surface area contributed by atoms with Gasteiger partial charge in [-0.15, -0.1) is 0 Å². The Bertz CT molecular complexity index is 433. The van der Waals surface area contributed by atoms with Gasteiger partial charge in [0.25, 0.3) is 0 Å². The third kappa shape index (κ3) is 3.68. The van der Waals surface area contributed by atoms with E-state index in [4.69, 9.17) is 0 Å². The summed E-state index contributed by atoms with van der Waals surface area (Å²) in [6.45, 7) is 3.24. The quantitative estimate of drug-likeness (QED) is 0.851. The van der Waals surface area contributed by atoms with Crippen LogP contribution in [0.3, 0.4) is 0 Å². The Balaban J connectivity index is 1.70. The van der Waals surface area contributed by atoms with Crippen LogP contribution in [-0.2, 0) is 19.9 Å². The van der Waals surface area contributed by atoms with Crippen LogP contribution in [0.1, 0.15) is 18.2 Å². The van der Waals surface area contributed by atoms with E-state index in [1.165, 1.54) is 11.3 Å². The highest BCUT2D eigenvalue weighted by molar-refractivity contribution is 7.07. The molecular formula is C13H19N3S. The maximum atomic E-state index is 4.17. The lowest BCUT2D eigenvalue weighted by Crippen LogP contribution is -2.30. The number of hydrogen-bond donors (Lipinski definition) is 1. The first-order valence-corrected chi connectivity index (χ1v) is 6.91. The third-order valence-corrected chi connectivity index (χ3v) is 3.65. The van der Waals surface area contributed by atoms with Gasteiger partial charge in [0.15, 0.2) is 0 Å². The first kappa shape index (κ1) is 12.3. The topological polar surface area (TPSA) is 29.9 Å². The lowest BCUT2D eigenvalue weighted by Gasteiger charge is -2.12. The molecule has 0 aromatic carbocycles. The van der Waals surface area contributed by atoms with Crippen molar-refractivity contribution in [2.75, 3.05) is 6.54 Å². The zero-order valence-electron chi connectivity index (χ0n) is 10.4. The molecule has 0 saturated carbocycles. The summed E-state index contributed by atoms with van der Waals surface area (Å²) in [5.74, 6) is 0. The summed E-state index contributed by atoms with van der Waals surface area (Å²) in [6.07, 6.45) is 3.99. The number of thiophene rings is 1. The lowest BCUT2D eigenvalue weighted by atomic mass is 10.1. The van der Waals surface area contributed by atoms with E-state index >= 15 is 0 Å². The largest absolute Gasteiger partial charge is 0.314 e. The molecule has 92 valence electrons. The first-order valence-electron chi connectivity index (χ1n) is 5.97. The number of aromatic nitrogens is 2. The fourth-order valence-electron chi connectivity index (χ4n) is 1.93. The molecule has 4 heteroatoms. The van der Waals surface area contributed by atoms with Gasteiger partial charge in [-0.3, -0.25) is 4.68 Å². The van der Waals surface area contributed by atoms with Crippen LogP contribution >= 0.6 is 11.3 Å². The number of nitrogens with one attached hydrogen (secondary N) is 1. The zero-order chi connectivity index (χ0) is 12.1. The molecule has 0 aliphatic carbocycles. The number of rotatable bonds is 6. The molecule has 2 heterocycles. The third-order valence-electron chi connectivity index (χ3n) is 2.92. The van der Waals surface area contributed by atoms with Crippen LogP contribution in [0, 0.1) is 0 Å². The second kappa shape index (κ2) is 5.98. The summed E-state index contributed by atoms with van der Waals surface area (Å²) in [5, 5.41) is 12.1. The minimum atomic E-state index is 0.526. The molecule has 1 unspecified atom stereocenters. The summed E-state index contributed by atoms with van der Waals surface area (Å²) in [7, 11) is 1.99. The molecule has 0 aliphatic heterocycles. The SMILES string of the molecule is CC(Cc1ccsc1)NCCc1ccnn1C. The Morgan fingerprint density at radius 1 is 1.47 bits per heavy atom. The van der Waals surface area contributed by atoms with Crippen molar-refractivity contribution in [1.82, 2.24) is 15.1 Å². The van der Waals surface area contributed by atoms with Gasteiger partial charge < -0.3 is 5.32 Å². The summed E-state index contributed by atoms with van der Waals surface area (Å²) >= 11 is 1.77. The van der Waals surface area contributed by atoms with E-state index in [0.717, 1.165) is 19.4 Å². The number of hydrogen-bond acceptors (Lipinski definition) is 3. The van der Waals surface area contributed by atoms with Crippen LogP contribution in [0.2, 0.25) is 0 Å². The van der Waals surface area contributed by atoms with Gasteiger partial charge >= 0.3 is 0 Å². The summed E-state index contributed by atoms with van der Waals surface area (Å²) in [5.41, 5.74) is 2.70. The van der Waals surface area contributed by atoms with Crippen molar-refractivity contribution in [3.63, 3.8) is 0 Å². The highest BCUT2D eigenvalue weighted by Crippen LogP contribution is 2.08. The van der Waals surface area contributed by atoms with Gasteiger partial charge in [0.2, 0.25) is 0 Å². The Morgan fingerprint density at radius 3 is 3.00 bits per heavy atom. The predicted octanol–water partition coefficient (Wildman–Crippen LogP) is 2.24. The van der Waals surface area contributed by atoms with Crippen LogP contribution in [0.15, 0.2) is 29.1 Å². The molecule has 1 N–H and O–H groups in total. The standard InChI is InChI=1S/C13H19N3S/c1-11(9-12-5-8-17-10-12)14-6-3-13-4-7-15-16(13)2/h4-5,7-8,10-11,14H,3,6,9H2,1-2H3. The molecule has 0 fully saturated rings. The van der Waals surface area contributed by atoms with Crippen molar-refractivity contribution in [2.45, 2.75) is 25.8 Å². The van der Waals surface area contributed by atoms with Crippen LogP contribution in [0.25, 0.3) is 0 Å². The van der Waals surface area contributed by atoms with Crippen LogP contribution in [0.4, 0.5) is 0 Å². The van der Waals surface area contributed by atoms with Gasteiger partial charge in [0.1, 0.15) is 0 Å². The van der Waals surface area contributed by atoms with E-state index in [1.807, 2.05) is 17.9 Å². The Labute approximate surface area is 106 Å². The summed E-state index contributed by atoms with van der Waals surface area (Å²) in [4.78, 5) is 0. The van der Waals surface area contributed by atoms with E-state index in [1.54, 1.807) is 11.3 Å². The highest BCUT2D eigenvalue weighted by atomic mass is 32.1. The Kier molecular flexibility index (Phi) is 4.34. The highest BCUT2D eigenvalue weighted by Gasteiger charge is 2.04. The molecular weight excluding hydrogens is 230 g/mol. The van der Waals surface area contributed by atoms with E-state index in [2.05, 4.69) is 40.2 Å². The van der Waals surface area contributed by atoms with Crippen molar-refractivity contribution >= 4 is 11.3 Å². The molecule has 0 aliphatic rings. The molecule has 0 bridgehead atoms. The van der Waals surface area contributed by atoms with Crippen molar-refractivity contribution < 1.29 is 0 Å². The second-order valence-electron chi connectivity index (χ2n) is 4.39. The average Bonchev–Trinajstić information content (AvgIpc) is 2.91. The monoisotopic (exact) mass is 249 g/mol. The van der Waals surface area contributed by atoms with E-state index in [0.29, 0.717) is 6.04 Å². The number of nitrogens with zero attached hydrogens (tertiary/aromatic N) is 2. The van der Waals surface area contributed by atoms with Crippen molar-refractivity contribution in [3.8, 4) is 0 Å². The summed E-state index contributed by atoms with van der Waals surface area (Å²) < 4.78 is 1.94. The number of aryl methyl sites for hydroxylation is 1. The van der Waals surface area contributed by atoms with E-state index in [-0.39, 0.29) is 0 Å². The maximum absolute atomic E-state index is 4.17. The van der Waals surface area contributed by atoms with Gasteiger partial charge in [-0.25, -0.2) is 0 Å². The van der Waals surface area contributed by atoms with Gasteiger partial charge in [-0.2, -0.15) is 16.4 Å². The average molecular weight is 249 g/mol. The maximum Gasteiger partial charge on any atom is 0.0492 e. The second-order valence-corrected chi connectivity index (χ2v) is 5.17.